The van der Waals surface area contributed by atoms with Crippen LogP contribution in [-0.4, -0.2) is 50.6 Å². The third-order valence-electron chi connectivity index (χ3n) is 6.83. The molecule has 0 radical (unpaired) electrons. The van der Waals surface area contributed by atoms with Gasteiger partial charge in [-0.15, -0.1) is 5.10 Å². The summed E-state index contributed by atoms with van der Waals surface area (Å²) in [5, 5.41) is 14.6. The van der Waals surface area contributed by atoms with Gasteiger partial charge in [-0.1, -0.05) is 51.5 Å². The molecular weight excluding hydrogens is 576 g/mol. The first-order valence-electron chi connectivity index (χ1n) is 12.7. The van der Waals surface area contributed by atoms with Gasteiger partial charge in [0.1, 0.15) is 6.04 Å². The van der Waals surface area contributed by atoms with Crippen LogP contribution in [0.5, 0.6) is 0 Å². The maximum absolute atomic E-state index is 13.0. The Morgan fingerprint density at radius 1 is 1.08 bits per heavy atom. The molecular formula is C29H25BrN6O2S. The van der Waals surface area contributed by atoms with Crippen molar-refractivity contribution in [2.45, 2.75) is 18.2 Å². The van der Waals surface area contributed by atoms with Gasteiger partial charge in [0.15, 0.2) is 0 Å². The van der Waals surface area contributed by atoms with Crippen molar-refractivity contribution in [3.8, 4) is 0 Å². The van der Waals surface area contributed by atoms with Crippen molar-refractivity contribution in [1.82, 2.24) is 25.3 Å². The average Bonchev–Trinajstić information content (AvgIpc) is 3.59. The van der Waals surface area contributed by atoms with E-state index < -0.39 is 0 Å². The number of carbonyl (C=O) groups is 2. The summed E-state index contributed by atoms with van der Waals surface area (Å²) in [5.41, 5.74) is 2.98. The number of thioether (sulfide) groups is 1. The molecule has 10 heteroatoms. The SMILES string of the molecule is O=C(NCCSCc1cn(C2CCN(c3ccc(Br)cc3)C2=O)nn1)c1cc2ccccc2c2cccnc12. The van der Waals surface area contributed by atoms with Crippen LogP contribution in [0.4, 0.5) is 5.69 Å². The van der Waals surface area contributed by atoms with Crippen molar-refractivity contribution >= 4 is 66.9 Å². The summed E-state index contributed by atoms with van der Waals surface area (Å²) in [4.78, 5) is 32.3. The van der Waals surface area contributed by atoms with E-state index in [2.05, 4.69) is 42.6 Å². The molecule has 1 aliphatic rings. The van der Waals surface area contributed by atoms with Crippen LogP contribution in [0.3, 0.4) is 0 Å². The highest BCUT2D eigenvalue weighted by atomic mass is 79.9. The van der Waals surface area contributed by atoms with E-state index in [1.54, 1.807) is 27.5 Å². The number of hydrogen-bond acceptors (Lipinski definition) is 6. The lowest BCUT2D eigenvalue weighted by molar-refractivity contribution is -0.120. The second-order valence-electron chi connectivity index (χ2n) is 9.31. The molecule has 0 aliphatic carbocycles. The van der Waals surface area contributed by atoms with Crippen LogP contribution in [0.25, 0.3) is 21.7 Å². The Morgan fingerprint density at radius 3 is 2.77 bits per heavy atom. The van der Waals surface area contributed by atoms with Crippen LogP contribution >= 0.6 is 27.7 Å². The molecule has 1 N–H and O–H groups in total. The zero-order valence-corrected chi connectivity index (χ0v) is 23.4. The zero-order chi connectivity index (χ0) is 26.8. The maximum Gasteiger partial charge on any atom is 0.253 e. The van der Waals surface area contributed by atoms with Gasteiger partial charge in [-0.2, -0.15) is 11.8 Å². The first kappa shape index (κ1) is 25.5. The van der Waals surface area contributed by atoms with E-state index in [0.717, 1.165) is 37.8 Å². The number of halogens is 1. The third-order valence-corrected chi connectivity index (χ3v) is 8.35. The van der Waals surface area contributed by atoms with Gasteiger partial charge in [-0.05, 0) is 53.6 Å². The van der Waals surface area contributed by atoms with E-state index >= 15 is 0 Å². The fourth-order valence-electron chi connectivity index (χ4n) is 4.93. The number of anilines is 1. The van der Waals surface area contributed by atoms with Gasteiger partial charge < -0.3 is 10.2 Å². The Balaban J connectivity index is 1.02. The van der Waals surface area contributed by atoms with Crippen molar-refractivity contribution in [2.75, 3.05) is 23.7 Å². The molecule has 6 rings (SSSR count). The average molecular weight is 602 g/mol. The first-order chi connectivity index (χ1) is 19.1. The minimum atomic E-state index is -0.343. The van der Waals surface area contributed by atoms with Crippen LogP contribution < -0.4 is 10.2 Å². The molecule has 196 valence electrons. The van der Waals surface area contributed by atoms with Gasteiger partial charge in [-0.3, -0.25) is 14.6 Å². The van der Waals surface area contributed by atoms with Crippen molar-refractivity contribution < 1.29 is 9.59 Å². The van der Waals surface area contributed by atoms with Crippen LogP contribution in [0.2, 0.25) is 0 Å². The van der Waals surface area contributed by atoms with Crippen LogP contribution in [0.15, 0.2) is 83.6 Å². The molecule has 1 aliphatic heterocycles. The summed E-state index contributed by atoms with van der Waals surface area (Å²) in [7, 11) is 0. The molecule has 2 amide bonds. The number of nitrogens with one attached hydrogen (secondary N) is 1. The number of nitrogens with zero attached hydrogens (tertiary/aromatic N) is 5. The number of benzene rings is 3. The minimum absolute atomic E-state index is 0.0276. The van der Waals surface area contributed by atoms with Crippen LogP contribution in [0.1, 0.15) is 28.5 Å². The molecule has 0 bridgehead atoms. The molecule has 5 aromatic rings. The van der Waals surface area contributed by atoms with E-state index in [9.17, 15) is 9.59 Å². The molecule has 3 heterocycles. The van der Waals surface area contributed by atoms with Crippen molar-refractivity contribution in [3.63, 3.8) is 0 Å². The third kappa shape index (κ3) is 5.26. The smallest absolute Gasteiger partial charge is 0.253 e. The standard InChI is InChI=1S/C29H25BrN6O2S/c30-20-7-9-22(10-8-20)35-14-11-26(29(35)38)36-17-21(33-34-36)18-39-15-13-32-28(37)25-16-19-4-1-2-5-23(19)24-6-3-12-31-27(24)25/h1-10,12,16-17,26H,11,13-15,18H2,(H,32,37). The summed E-state index contributed by atoms with van der Waals surface area (Å²) < 4.78 is 2.66. The molecule has 1 unspecified atom stereocenters. The molecule has 39 heavy (non-hydrogen) atoms. The number of carbonyl (C=O) groups excluding carboxylic acids is 2. The summed E-state index contributed by atoms with van der Waals surface area (Å²) >= 11 is 5.09. The molecule has 0 spiro atoms. The van der Waals surface area contributed by atoms with Crippen LogP contribution in [-0.2, 0) is 10.5 Å². The second-order valence-corrected chi connectivity index (χ2v) is 11.3. The van der Waals surface area contributed by atoms with E-state index in [1.807, 2.05) is 66.9 Å². The fraction of sp³-hybridized carbons (Fsp3) is 0.207. The normalized spacial score (nSPS) is 15.4. The van der Waals surface area contributed by atoms with E-state index in [-0.39, 0.29) is 17.9 Å². The highest BCUT2D eigenvalue weighted by molar-refractivity contribution is 9.10. The summed E-state index contributed by atoms with van der Waals surface area (Å²) in [6.07, 6.45) is 4.26. The quantitative estimate of drug-likeness (QED) is 0.190. The fourth-order valence-corrected chi connectivity index (χ4v) is 5.93. The van der Waals surface area contributed by atoms with Gasteiger partial charge >= 0.3 is 0 Å². The Bertz CT molecular complexity index is 1670. The number of amides is 2. The monoisotopic (exact) mass is 600 g/mol. The van der Waals surface area contributed by atoms with Crippen molar-refractivity contribution in [3.05, 3.63) is 94.9 Å². The predicted octanol–water partition coefficient (Wildman–Crippen LogP) is 5.38. The van der Waals surface area contributed by atoms with Crippen LogP contribution in [0, 0.1) is 0 Å². The minimum Gasteiger partial charge on any atom is -0.351 e. The van der Waals surface area contributed by atoms with Crippen molar-refractivity contribution in [2.24, 2.45) is 0 Å². The number of fused-ring (bicyclic) bond motifs is 3. The first-order valence-corrected chi connectivity index (χ1v) is 14.6. The lowest BCUT2D eigenvalue weighted by Gasteiger charge is -2.16. The van der Waals surface area contributed by atoms with E-state index in [0.29, 0.717) is 36.3 Å². The summed E-state index contributed by atoms with van der Waals surface area (Å²) in [6, 6.07) is 21.2. The molecule has 1 atom stereocenters. The highest BCUT2D eigenvalue weighted by Gasteiger charge is 2.34. The number of rotatable bonds is 8. The van der Waals surface area contributed by atoms with Crippen molar-refractivity contribution in [1.29, 1.82) is 0 Å². The molecule has 8 nitrogen and oxygen atoms in total. The maximum atomic E-state index is 13.0. The summed E-state index contributed by atoms with van der Waals surface area (Å²) in [6.45, 7) is 1.17. The largest absolute Gasteiger partial charge is 0.351 e. The molecule has 1 saturated heterocycles. The number of aromatic nitrogens is 4. The lowest BCUT2D eigenvalue weighted by Crippen LogP contribution is -2.28. The van der Waals surface area contributed by atoms with E-state index in [4.69, 9.17) is 0 Å². The Morgan fingerprint density at radius 2 is 1.90 bits per heavy atom. The predicted molar refractivity (Wildman–Crippen MR) is 158 cm³/mol. The van der Waals surface area contributed by atoms with Gasteiger partial charge in [-0.25, -0.2) is 4.68 Å². The lowest BCUT2D eigenvalue weighted by atomic mass is 10.0. The highest BCUT2D eigenvalue weighted by Crippen LogP contribution is 2.30. The summed E-state index contributed by atoms with van der Waals surface area (Å²) in [5.74, 6) is 1.26. The number of hydrogen-bond donors (Lipinski definition) is 1. The van der Waals surface area contributed by atoms with Gasteiger partial charge in [0.25, 0.3) is 11.8 Å². The van der Waals surface area contributed by atoms with Gasteiger partial charge in [0, 0.05) is 46.3 Å². The zero-order valence-electron chi connectivity index (χ0n) is 21.0. The van der Waals surface area contributed by atoms with Gasteiger partial charge in [0.2, 0.25) is 0 Å². The Labute approximate surface area is 237 Å². The van der Waals surface area contributed by atoms with Gasteiger partial charge in [0.05, 0.1) is 23.0 Å². The number of pyridine rings is 1. The molecule has 1 fully saturated rings. The van der Waals surface area contributed by atoms with E-state index in [1.165, 1.54) is 0 Å². The molecule has 0 saturated carbocycles. The molecule has 2 aromatic heterocycles. The topological polar surface area (TPSA) is 93.0 Å². The second kappa shape index (κ2) is 11.2. The Kier molecular flexibility index (Phi) is 7.30. The Hall–Kier alpha value is -3.76. The molecule has 3 aromatic carbocycles.